The smallest absolute Gasteiger partial charge is 0.306 e. The first kappa shape index (κ1) is 13.8. The third-order valence-electron chi connectivity index (χ3n) is 2.77. The Balaban J connectivity index is 2.04. The van der Waals surface area contributed by atoms with Gasteiger partial charge in [-0.2, -0.15) is 0 Å². The summed E-state index contributed by atoms with van der Waals surface area (Å²) in [7, 11) is 0. The van der Waals surface area contributed by atoms with Crippen LogP contribution in [0.5, 0.6) is 0 Å². The van der Waals surface area contributed by atoms with Crippen LogP contribution in [-0.4, -0.2) is 52.7 Å². The van der Waals surface area contributed by atoms with Crippen molar-refractivity contribution in [2.45, 2.75) is 12.5 Å². The van der Waals surface area contributed by atoms with Crippen LogP contribution in [-0.2, 0) is 9.53 Å². The number of halogens is 1. The summed E-state index contributed by atoms with van der Waals surface area (Å²) in [5.74, 6) is -1.21. The number of rotatable bonds is 3. The molecule has 1 saturated heterocycles. The molecule has 0 saturated carbocycles. The van der Waals surface area contributed by atoms with Gasteiger partial charge in [0.2, 0.25) is 0 Å². The molecular weight excluding hydrogens is 272 g/mol. The van der Waals surface area contributed by atoms with E-state index in [-0.39, 0.29) is 24.6 Å². The van der Waals surface area contributed by atoms with Crippen LogP contribution in [0.25, 0.3) is 0 Å². The molecule has 1 aliphatic rings. The maximum absolute atomic E-state index is 12.2. The molecular formula is C12H13ClN2O4. The first-order chi connectivity index (χ1) is 9.06. The average molecular weight is 285 g/mol. The van der Waals surface area contributed by atoms with Crippen molar-refractivity contribution in [1.29, 1.82) is 0 Å². The second kappa shape index (κ2) is 5.99. The van der Waals surface area contributed by atoms with E-state index in [1.54, 1.807) is 6.07 Å². The van der Waals surface area contributed by atoms with E-state index in [4.69, 9.17) is 21.4 Å². The van der Waals surface area contributed by atoms with Crippen molar-refractivity contribution in [3.8, 4) is 0 Å². The van der Waals surface area contributed by atoms with Gasteiger partial charge in [0.15, 0.2) is 0 Å². The van der Waals surface area contributed by atoms with E-state index in [2.05, 4.69) is 4.98 Å². The van der Waals surface area contributed by atoms with Gasteiger partial charge < -0.3 is 14.7 Å². The average Bonchev–Trinajstić information content (AvgIpc) is 2.37. The number of carboxylic acids is 1. The first-order valence-electron chi connectivity index (χ1n) is 5.80. The molecule has 2 heterocycles. The Morgan fingerprint density at radius 1 is 1.58 bits per heavy atom. The van der Waals surface area contributed by atoms with E-state index >= 15 is 0 Å². The van der Waals surface area contributed by atoms with E-state index in [1.165, 1.54) is 17.2 Å². The van der Waals surface area contributed by atoms with E-state index < -0.39 is 12.1 Å². The number of carbonyl (C=O) groups excluding carboxylic acids is 1. The summed E-state index contributed by atoms with van der Waals surface area (Å²) in [6, 6.07) is 3.08. The van der Waals surface area contributed by atoms with Gasteiger partial charge in [-0.05, 0) is 12.1 Å². The van der Waals surface area contributed by atoms with Gasteiger partial charge in [0.1, 0.15) is 5.69 Å². The summed E-state index contributed by atoms with van der Waals surface area (Å²) in [6.45, 7) is 0.993. The first-order valence-corrected chi connectivity index (χ1v) is 6.18. The maximum Gasteiger partial charge on any atom is 0.306 e. The van der Waals surface area contributed by atoms with Crippen molar-refractivity contribution in [3.05, 3.63) is 29.0 Å². The molecule has 1 unspecified atom stereocenters. The van der Waals surface area contributed by atoms with Gasteiger partial charge >= 0.3 is 5.97 Å². The minimum atomic E-state index is -0.944. The summed E-state index contributed by atoms with van der Waals surface area (Å²) in [5.41, 5.74) is 0.253. The molecule has 1 fully saturated rings. The Morgan fingerprint density at radius 2 is 2.37 bits per heavy atom. The van der Waals surface area contributed by atoms with Crippen LogP contribution < -0.4 is 0 Å². The van der Waals surface area contributed by atoms with Crippen molar-refractivity contribution in [2.75, 3.05) is 19.7 Å². The molecule has 102 valence electrons. The van der Waals surface area contributed by atoms with Crippen molar-refractivity contribution >= 4 is 23.5 Å². The lowest BCUT2D eigenvalue weighted by molar-refractivity contribution is -0.141. The van der Waals surface area contributed by atoms with E-state index in [9.17, 15) is 9.59 Å². The van der Waals surface area contributed by atoms with Gasteiger partial charge in [-0.1, -0.05) is 11.6 Å². The number of aromatic nitrogens is 1. The maximum atomic E-state index is 12.2. The molecule has 1 atom stereocenters. The number of ether oxygens (including phenoxy) is 1. The number of morpholine rings is 1. The Labute approximate surface area is 114 Å². The molecule has 0 radical (unpaired) electrons. The lowest BCUT2D eigenvalue weighted by atomic mass is 10.2. The number of carboxylic acid groups (broad SMARTS) is 1. The lowest BCUT2D eigenvalue weighted by Gasteiger charge is -2.32. The zero-order valence-electron chi connectivity index (χ0n) is 10.1. The van der Waals surface area contributed by atoms with Gasteiger partial charge in [0, 0.05) is 24.3 Å². The van der Waals surface area contributed by atoms with Gasteiger partial charge in [-0.25, -0.2) is 0 Å². The summed E-state index contributed by atoms with van der Waals surface area (Å²) < 4.78 is 5.31. The monoisotopic (exact) mass is 284 g/mol. The van der Waals surface area contributed by atoms with Gasteiger partial charge in [0.25, 0.3) is 5.91 Å². The van der Waals surface area contributed by atoms with Crippen molar-refractivity contribution in [1.82, 2.24) is 9.88 Å². The van der Waals surface area contributed by atoms with E-state index in [0.29, 0.717) is 18.2 Å². The van der Waals surface area contributed by atoms with Gasteiger partial charge in [-0.15, -0.1) is 0 Å². The highest BCUT2D eigenvalue weighted by Gasteiger charge is 2.27. The zero-order valence-corrected chi connectivity index (χ0v) is 10.8. The number of nitrogens with zero attached hydrogens (tertiary/aromatic N) is 2. The SMILES string of the molecule is O=C(O)CC1CN(C(=O)c2cc(Cl)ccn2)CCO1. The fourth-order valence-corrected chi connectivity index (χ4v) is 2.07. The minimum absolute atomic E-state index is 0.118. The van der Waals surface area contributed by atoms with Gasteiger partial charge in [0.05, 0.1) is 19.1 Å². The number of hydrogen-bond donors (Lipinski definition) is 1. The molecule has 0 spiro atoms. The molecule has 1 N–H and O–H groups in total. The number of aliphatic carboxylic acids is 1. The summed E-state index contributed by atoms with van der Waals surface area (Å²) >= 11 is 5.81. The van der Waals surface area contributed by atoms with Crippen LogP contribution in [0.1, 0.15) is 16.9 Å². The summed E-state index contributed by atoms with van der Waals surface area (Å²) in [6.07, 6.45) is 0.867. The highest BCUT2D eigenvalue weighted by atomic mass is 35.5. The van der Waals surface area contributed by atoms with Gasteiger partial charge in [-0.3, -0.25) is 14.6 Å². The Morgan fingerprint density at radius 3 is 3.05 bits per heavy atom. The minimum Gasteiger partial charge on any atom is -0.481 e. The standard InChI is InChI=1S/C12H13ClN2O4/c13-8-1-2-14-10(5-8)12(18)15-3-4-19-9(7-15)6-11(16)17/h1-2,5,9H,3-4,6-7H2,(H,16,17). The number of carbonyl (C=O) groups is 2. The van der Waals surface area contributed by atoms with E-state index in [1.807, 2.05) is 0 Å². The highest BCUT2D eigenvalue weighted by Crippen LogP contribution is 2.14. The third-order valence-corrected chi connectivity index (χ3v) is 3.00. The molecule has 1 aromatic rings. The molecule has 1 aromatic heterocycles. The van der Waals surface area contributed by atoms with Crippen LogP contribution in [0.15, 0.2) is 18.3 Å². The summed E-state index contributed by atoms with van der Waals surface area (Å²) in [4.78, 5) is 28.3. The van der Waals surface area contributed by atoms with Crippen LogP contribution >= 0.6 is 11.6 Å². The predicted molar refractivity (Wildman–Crippen MR) is 67.1 cm³/mol. The molecule has 7 heteroatoms. The topological polar surface area (TPSA) is 79.7 Å². The number of amides is 1. The molecule has 0 aromatic carbocycles. The molecule has 2 rings (SSSR count). The van der Waals surface area contributed by atoms with Crippen molar-refractivity contribution in [2.24, 2.45) is 0 Å². The Bertz CT molecular complexity index is 494. The second-order valence-electron chi connectivity index (χ2n) is 4.20. The summed E-state index contributed by atoms with van der Waals surface area (Å²) in [5, 5.41) is 9.17. The molecule has 6 nitrogen and oxygen atoms in total. The number of hydrogen-bond acceptors (Lipinski definition) is 4. The normalized spacial score (nSPS) is 19.2. The van der Waals surface area contributed by atoms with Crippen LogP contribution in [0, 0.1) is 0 Å². The van der Waals surface area contributed by atoms with Crippen molar-refractivity contribution < 1.29 is 19.4 Å². The Kier molecular flexibility index (Phi) is 4.34. The van der Waals surface area contributed by atoms with Crippen LogP contribution in [0.3, 0.4) is 0 Å². The molecule has 0 aliphatic carbocycles. The largest absolute Gasteiger partial charge is 0.481 e. The molecule has 19 heavy (non-hydrogen) atoms. The highest BCUT2D eigenvalue weighted by molar-refractivity contribution is 6.30. The zero-order chi connectivity index (χ0) is 13.8. The molecule has 1 aliphatic heterocycles. The van der Waals surface area contributed by atoms with E-state index in [0.717, 1.165) is 0 Å². The molecule has 0 bridgehead atoms. The van der Waals surface area contributed by atoms with Crippen molar-refractivity contribution in [3.63, 3.8) is 0 Å². The third kappa shape index (κ3) is 3.65. The lowest BCUT2D eigenvalue weighted by Crippen LogP contribution is -2.46. The number of pyridine rings is 1. The predicted octanol–water partition coefficient (Wildman–Crippen LogP) is 1.05. The quantitative estimate of drug-likeness (QED) is 0.897. The Hall–Kier alpha value is -1.66. The fraction of sp³-hybridized carbons (Fsp3) is 0.417. The molecule has 1 amide bonds. The fourth-order valence-electron chi connectivity index (χ4n) is 1.91. The van der Waals surface area contributed by atoms with Crippen LogP contribution in [0.2, 0.25) is 5.02 Å². The van der Waals surface area contributed by atoms with Crippen LogP contribution in [0.4, 0.5) is 0 Å². The second-order valence-corrected chi connectivity index (χ2v) is 4.64.